The topological polar surface area (TPSA) is 68.2 Å². The van der Waals surface area contributed by atoms with Crippen LogP contribution in [0.1, 0.15) is 58.9 Å². The van der Waals surface area contributed by atoms with E-state index in [0.29, 0.717) is 5.92 Å². The minimum Gasteiger partial charge on any atom is -0.387 e. The fourth-order valence-corrected chi connectivity index (χ4v) is 5.24. The van der Waals surface area contributed by atoms with Crippen LogP contribution in [0.4, 0.5) is 0 Å². The first-order valence-corrected chi connectivity index (χ1v) is 11.2. The molecule has 2 aliphatic heterocycles. The third-order valence-electron chi connectivity index (χ3n) is 6.27. The Morgan fingerprint density at radius 2 is 1.77 bits per heavy atom. The van der Waals surface area contributed by atoms with Gasteiger partial charge in [0, 0.05) is 36.4 Å². The minimum atomic E-state index is -0.143. The van der Waals surface area contributed by atoms with Crippen LogP contribution in [0.3, 0.4) is 0 Å². The Balaban J connectivity index is 1.54. The summed E-state index contributed by atoms with van der Waals surface area (Å²) in [5.74, 6) is 0.457. The van der Waals surface area contributed by atoms with Crippen molar-refractivity contribution in [2.75, 3.05) is 13.1 Å². The number of hydrogen-bond donors (Lipinski definition) is 2. The lowest BCUT2D eigenvalue weighted by molar-refractivity contribution is -0.128. The lowest BCUT2D eigenvalue weighted by atomic mass is 9.79. The molecule has 162 valence electrons. The van der Waals surface area contributed by atoms with E-state index in [0.717, 1.165) is 45.2 Å². The number of nitrogens with zero attached hydrogens (tertiary/aromatic N) is 2. The van der Waals surface area contributed by atoms with Gasteiger partial charge in [-0.15, -0.1) is 0 Å². The van der Waals surface area contributed by atoms with Crippen molar-refractivity contribution in [2.24, 2.45) is 5.92 Å². The Hall–Kier alpha value is -2.32. The molecule has 2 saturated heterocycles. The van der Waals surface area contributed by atoms with Gasteiger partial charge in [0.1, 0.15) is 11.6 Å². The van der Waals surface area contributed by atoms with Gasteiger partial charge < -0.3 is 15.5 Å². The lowest BCUT2D eigenvalue weighted by Crippen LogP contribution is -2.61. The number of carbonyl (C=O) groups is 1. The smallest absolute Gasteiger partial charge is 0.265 e. The van der Waals surface area contributed by atoms with E-state index in [-0.39, 0.29) is 28.6 Å². The summed E-state index contributed by atoms with van der Waals surface area (Å²) in [7, 11) is 0. The molecule has 1 aromatic rings. The van der Waals surface area contributed by atoms with Crippen LogP contribution in [0.25, 0.3) is 0 Å². The SMILES string of the molecule is CC1(C)CC(N/C=C(/C#N)C(=O)N2CCC(Cc3ccccc3)CC2)CC(C)(C)N1. The molecule has 0 spiro atoms. The number of rotatable bonds is 5. The standard InChI is InChI=1S/C25H36N4O/c1-24(2)15-22(16-25(3,4)28-24)27-18-21(17-26)23(30)29-12-10-20(11-13-29)14-19-8-6-5-7-9-19/h5-9,18,20,22,27-28H,10-16H2,1-4H3/b21-18-. The zero-order valence-electron chi connectivity index (χ0n) is 18.9. The molecule has 0 unspecified atom stereocenters. The Morgan fingerprint density at radius 1 is 1.17 bits per heavy atom. The highest BCUT2D eigenvalue weighted by atomic mass is 16.2. The fraction of sp³-hybridized carbons (Fsp3) is 0.600. The predicted octanol–water partition coefficient (Wildman–Crippen LogP) is 3.77. The van der Waals surface area contributed by atoms with Crippen LogP contribution in [-0.4, -0.2) is 41.0 Å². The number of benzene rings is 1. The van der Waals surface area contributed by atoms with E-state index in [4.69, 9.17) is 0 Å². The highest BCUT2D eigenvalue weighted by Crippen LogP contribution is 2.28. The Labute approximate surface area is 181 Å². The lowest BCUT2D eigenvalue weighted by Gasteiger charge is -2.46. The molecule has 3 rings (SSSR count). The number of amides is 1. The summed E-state index contributed by atoms with van der Waals surface area (Å²) in [5.41, 5.74) is 1.61. The van der Waals surface area contributed by atoms with Crippen molar-refractivity contribution in [3.8, 4) is 6.07 Å². The number of nitriles is 1. The summed E-state index contributed by atoms with van der Waals surface area (Å²) in [6.07, 6.45) is 6.59. The highest BCUT2D eigenvalue weighted by molar-refractivity contribution is 5.97. The van der Waals surface area contributed by atoms with Crippen LogP contribution in [0.15, 0.2) is 42.1 Å². The summed E-state index contributed by atoms with van der Waals surface area (Å²) in [6.45, 7) is 10.2. The first kappa shape index (κ1) is 22.4. The van der Waals surface area contributed by atoms with Crippen molar-refractivity contribution in [3.05, 3.63) is 47.7 Å². The molecule has 0 radical (unpaired) electrons. The maximum absolute atomic E-state index is 12.9. The first-order chi connectivity index (χ1) is 14.2. The van der Waals surface area contributed by atoms with Crippen LogP contribution in [-0.2, 0) is 11.2 Å². The molecule has 0 aliphatic carbocycles. The molecule has 2 N–H and O–H groups in total. The second-order valence-electron chi connectivity index (χ2n) is 10.3. The normalized spacial score (nSPS) is 22.4. The van der Waals surface area contributed by atoms with Crippen molar-refractivity contribution in [1.82, 2.24) is 15.5 Å². The van der Waals surface area contributed by atoms with Gasteiger partial charge >= 0.3 is 0 Å². The molecular formula is C25H36N4O. The van der Waals surface area contributed by atoms with Crippen LogP contribution < -0.4 is 10.6 Å². The van der Waals surface area contributed by atoms with E-state index in [1.165, 1.54) is 5.56 Å². The number of piperidine rings is 2. The summed E-state index contributed by atoms with van der Waals surface area (Å²) in [5, 5.41) is 16.6. The van der Waals surface area contributed by atoms with E-state index in [1.54, 1.807) is 6.20 Å². The molecular weight excluding hydrogens is 372 g/mol. The molecule has 2 heterocycles. The van der Waals surface area contributed by atoms with E-state index < -0.39 is 0 Å². The zero-order valence-corrected chi connectivity index (χ0v) is 18.9. The molecule has 2 aliphatic rings. The van der Waals surface area contributed by atoms with Gasteiger partial charge in [0.25, 0.3) is 5.91 Å². The second kappa shape index (κ2) is 9.22. The second-order valence-corrected chi connectivity index (χ2v) is 10.3. The van der Waals surface area contributed by atoms with E-state index >= 15 is 0 Å². The molecule has 0 aromatic heterocycles. The summed E-state index contributed by atoms with van der Waals surface area (Å²) in [4.78, 5) is 14.7. The van der Waals surface area contributed by atoms with Gasteiger partial charge in [-0.1, -0.05) is 30.3 Å². The maximum Gasteiger partial charge on any atom is 0.265 e. The third-order valence-corrected chi connectivity index (χ3v) is 6.27. The molecule has 5 nitrogen and oxygen atoms in total. The van der Waals surface area contributed by atoms with Gasteiger partial charge in [-0.3, -0.25) is 4.79 Å². The van der Waals surface area contributed by atoms with Gasteiger partial charge in [-0.2, -0.15) is 5.26 Å². The molecule has 0 saturated carbocycles. The van der Waals surface area contributed by atoms with Crippen molar-refractivity contribution in [1.29, 1.82) is 5.26 Å². The Bertz CT molecular complexity index is 782. The van der Waals surface area contributed by atoms with Gasteiger partial charge in [0.15, 0.2) is 0 Å². The molecule has 0 atom stereocenters. The molecule has 1 amide bonds. The largest absolute Gasteiger partial charge is 0.387 e. The monoisotopic (exact) mass is 408 g/mol. The number of hydrogen-bond acceptors (Lipinski definition) is 4. The first-order valence-electron chi connectivity index (χ1n) is 11.2. The van der Waals surface area contributed by atoms with E-state index in [2.05, 4.69) is 68.7 Å². The van der Waals surface area contributed by atoms with Gasteiger partial charge in [0.05, 0.1) is 0 Å². The molecule has 0 bridgehead atoms. The highest BCUT2D eigenvalue weighted by Gasteiger charge is 2.37. The average molecular weight is 409 g/mol. The minimum absolute atomic E-state index is 0.0186. The van der Waals surface area contributed by atoms with Crippen LogP contribution in [0.2, 0.25) is 0 Å². The van der Waals surface area contributed by atoms with Crippen molar-refractivity contribution < 1.29 is 4.79 Å². The third kappa shape index (κ3) is 6.09. The van der Waals surface area contributed by atoms with Crippen LogP contribution in [0.5, 0.6) is 0 Å². The maximum atomic E-state index is 12.9. The van der Waals surface area contributed by atoms with Crippen LogP contribution in [0, 0.1) is 17.2 Å². The quantitative estimate of drug-likeness (QED) is 0.575. The van der Waals surface area contributed by atoms with Crippen molar-refractivity contribution >= 4 is 5.91 Å². The van der Waals surface area contributed by atoms with Gasteiger partial charge in [-0.05, 0) is 71.3 Å². The average Bonchev–Trinajstić information content (AvgIpc) is 2.67. The Morgan fingerprint density at radius 3 is 2.33 bits per heavy atom. The zero-order chi connectivity index (χ0) is 21.8. The van der Waals surface area contributed by atoms with Crippen molar-refractivity contribution in [3.63, 3.8) is 0 Å². The number of nitrogens with one attached hydrogen (secondary N) is 2. The number of carbonyl (C=O) groups excluding carboxylic acids is 1. The van der Waals surface area contributed by atoms with E-state index in [9.17, 15) is 10.1 Å². The van der Waals surface area contributed by atoms with E-state index in [1.807, 2.05) is 11.0 Å². The number of likely N-dealkylation sites (tertiary alicyclic amines) is 1. The van der Waals surface area contributed by atoms with Gasteiger partial charge in [-0.25, -0.2) is 0 Å². The molecule has 2 fully saturated rings. The summed E-state index contributed by atoms with van der Waals surface area (Å²) >= 11 is 0. The molecule has 5 heteroatoms. The van der Waals surface area contributed by atoms with Crippen LogP contribution >= 0.6 is 0 Å². The fourth-order valence-electron chi connectivity index (χ4n) is 5.24. The molecule has 1 aromatic carbocycles. The Kier molecular flexibility index (Phi) is 6.88. The predicted molar refractivity (Wildman–Crippen MR) is 121 cm³/mol. The summed E-state index contributed by atoms with van der Waals surface area (Å²) in [6, 6.07) is 12.9. The molecule has 30 heavy (non-hydrogen) atoms. The van der Waals surface area contributed by atoms with Crippen molar-refractivity contribution in [2.45, 2.75) is 76.9 Å². The van der Waals surface area contributed by atoms with Gasteiger partial charge in [0.2, 0.25) is 0 Å². The summed E-state index contributed by atoms with van der Waals surface area (Å²) < 4.78 is 0.